The van der Waals surface area contributed by atoms with E-state index < -0.39 is 22.0 Å². The SMILES string of the molecule is CC(CC(N)=O)NS(=O)(=O)c1cccc(N)c1. The fraction of sp³-hybridized carbons (Fsp3) is 0.300. The van der Waals surface area contributed by atoms with Crippen molar-refractivity contribution in [2.24, 2.45) is 5.73 Å². The Kier molecular flexibility index (Phi) is 4.08. The Bertz CT molecular complexity index is 513. The highest BCUT2D eigenvalue weighted by Gasteiger charge is 2.18. The molecule has 5 N–H and O–H groups in total. The number of nitrogens with one attached hydrogen (secondary N) is 1. The molecule has 1 rings (SSSR count). The van der Waals surface area contributed by atoms with Crippen LogP contribution in [-0.2, 0) is 14.8 Å². The van der Waals surface area contributed by atoms with Gasteiger partial charge in [-0.15, -0.1) is 0 Å². The van der Waals surface area contributed by atoms with Gasteiger partial charge in [0, 0.05) is 18.2 Å². The summed E-state index contributed by atoms with van der Waals surface area (Å²) in [4.78, 5) is 10.7. The molecule has 0 fully saturated rings. The van der Waals surface area contributed by atoms with Crippen LogP contribution in [0.2, 0.25) is 0 Å². The lowest BCUT2D eigenvalue weighted by Crippen LogP contribution is -2.35. The summed E-state index contributed by atoms with van der Waals surface area (Å²) in [5.41, 5.74) is 10.8. The van der Waals surface area contributed by atoms with Gasteiger partial charge in [-0.05, 0) is 25.1 Å². The van der Waals surface area contributed by atoms with Crippen molar-refractivity contribution in [2.75, 3.05) is 5.73 Å². The van der Waals surface area contributed by atoms with Gasteiger partial charge in [0.1, 0.15) is 0 Å². The standard InChI is InChI=1S/C10H15N3O3S/c1-7(5-10(12)14)13-17(15,16)9-4-2-3-8(11)6-9/h2-4,6-7,13H,5,11H2,1H3,(H2,12,14). The molecule has 0 saturated carbocycles. The largest absolute Gasteiger partial charge is 0.399 e. The van der Waals surface area contributed by atoms with E-state index >= 15 is 0 Å². The van der Waals surface area contributed by atoms with E-state index in [0.29, 0.717) is 5.69 Å². The number of amides is 1. The van der Waals surface area contributed by atoms with Crippen molar-refractivity contribution >= 4 is 21.6 Å². The average Bonchev–Trinajstić information content (AvgIpc) is 2.15. The van der Waals surface area contributed by atoms with E-state index in [1.807, 2.05) is 0 Å². The van der Waals surface area contributed by atoms with Crippen molar-refractivity contribution in [2.45, 2.75) is 24.3 Å². The van der Waals surface area contributed by atoms with Crippen LogP contribution in [0.25, 0.3) is 0 Å². The Hall–Kier alpha value is -1.60. The highest BCUT2D eigenvalue weighted by atomic mass is 32.2. The van der Waals surface area contributed by atoms with Gasteiger partial charge in [-0.1, -0.05) is 6.07 Å². The maximum absolute atomic E-state index is 11.9. The minimum Gasteiger partial charge on any atom is -0.399 e. The van der Waals surface area contributed by atoms with Gasteiger partial charge in [-0.25, -0.2) is 13.1 Å². The summed E-state index contributed by atoms with van der Waals surface area (Å²) in [6.45, 7) is 1.56. The maximum Gasteiger partial charge on any atom is 0.240 e. The zero-order valence-corrected chi connectivity index (χ0v) is 10.2. The fourth-order valence-corrected chi connectivity index (χ4v) is 2.66. The van der Waals surface area contributed by atoms with Crippen LogP contribution in [0, 0.1) is 0 Å². The second kappa shape index (κ2) is 5.15. The predicted octanol–water partition coefficient (Wildman–Crippen LogP) is -0.189. The van der Waals surface area contributed by atoms with E-state index in [1.54, 1.807) is 19.1 Å². The van der Waals surface area contributed by atoms with Crippen molar-refractivity contribution in [3.8, 4) is 0 Å². The minimum absolute atomic E-state index is 0.0540. The van der Waals surface area contributed by atoms with Gasteiger partial charge >= 0.3 is 0 Å². The average molecular weight is 257 g/mol. The molecule has 0 aliphatic rings. The number of sulfonamides is 1. The number of anilines is 1. The molecule has 0 saturated heterocycles. The zero-order valence-electron chi connectivity index (χ0n) is 9.38. The smallest absolute Gasteiger partial charge is 0.240 e. The van der Waals surface area contributed by atoms with E-state index in [1.165, 1.54) is 12.1 Å². The zero-order chi connectivity index (χ0) is 13.1. The van der Waals surface area contributed by atoms with E-state index in [9.17, 15) is 13.2 Å². The topological polar surface area (TPSA) is 115 Å². The third-order valence-electron chi connectivity index (χ3n) is 2.03. The molecule has 0 radical (unpaired) electrons. The van der Waals surface area contributed by atoms with E-state index in [2.05, 4.69) is 4.72 Å². The first kappa shape index (κ1) is 13.5. The Morgan fingerprint density at radius 2 is 2.12 bits per heavy atom. The molecular formula is C10H15N3O3S. The van der Waals surface area contributed by atoms with Crippen LogP contribution in [0.4, 0.5) is 5.69 Å². The molecule has 0 aliphatic carbocycles. The van der Waals surface area contributed by atoms with Crippen LogP contribution in [0.1, 0.15) is 13.3 Å². The fourth-order valence-electron chi connectivity index (χ4n) is 1.36. The van der Waals surface area contributed by atoms with Gasteiger partial charge < -0.3 is 11.5 Å². The molecular weight excluding hydrogens is 242 g/mol. The van der Waals surface area contributed by atoms with Crippen molar-refractivity contribution < 1.29 is 13.2 Å². The van der Waals surface area contributed by atoms with E-state index in [-0.39, 0.29) is 11.3 Å². The van der Waals surface area contributed by atoms with E-state index in [0.717, 1.165) is 0 Å². The van der Waals surface area contributed by atoms with Crippen LogP contribution in [0.5, 0.6) is 0 Å². The lowest BCUT2D eigenvalue weighted by Gasteiger charge is -2.12. The molecule has 0 spiro atoms. The van der Waals surface area contributed by atoms with Crippen LogP contribution in [-0.4, -0.2) is 20.4 Å². The van der Waals surface area contributed by atoms with Crippen molar-refractivity contribution in [3.05, 3.63) is 24.3 Å². The molecule has 0 aliphatic heterocycles. The van der Waals surface area contributed by atoms with Crippen LogP contribution in [0.15, 0.2) is 29.2 Å². The second-order valence-corrected chi connectivity index (χ2v) is 5.48. The number of hydrogen-bond donors (Lipinski definition) is 3. The van der Waals surface area contributed by atoms with Crippen molar-refractivity contribution in [1.82, 2.24) is 4.72 Å². The molecule has 0 bridgehead atoms. The molecule has 1 aromatic rings. The minimum atomic E-state index is -3.67. The second-order valence-electron chi connectivity index (χ2n) is 3.77. The van der Waals surface area contributed by atoms with Crippen LogP contribution < -0.4 is 16.2 Å². The first-order valence-corrected chi connectivity index (χ1v) is 6.46. The van der Waals surface area contributed by atoms with E-state index in [4.69, 9.17) is 11.5 Å². The maximum atomic E-state index is 11.9. The number of carbonyl (C=O) groups excluding carboxylic acids is 1. The first-order valence-electron chi connectivity index (χ1n) is 4.97. The lowest BCUT2D eigenvalue weighted by molar-refractivity contribution is -0.118. The predicted molar refractivity (Wildman–Crippen MR) is 64.4 cm³/mol. The summed E-state index contributed by atoms with van der Waals surface area (Å²) >= 11 is 0. The Balaban J connectivity index is 2.86. The first-order chi connectivity index (χ1) is 7.81. The molecule has 1 atom stereocenters. The van der Waals surface area contributed by atoms with Crippen molar-refractivity contribution in [3.63, 3.8) is 0 Å². The highest BCUT2D eigenvalue weighted by molar-refractivity contribution is 7.89. The molecule has 1 amide bonds. The van der Waals surface area contributed by atoms with Crippen molar-refractivity contribution in [1.29, 1.82) is 0 Å². The normalized spacial score (nSPS) is 13.2. The number of primary amides is 1. The summed E-state index contributed by atoms with van der Waals surface area (Å²) in [7, 11) is -3.67. The van der Waals surface area contributed by atoms with Gasteiger partial charge in [0.25, 0.3) is 0 Å². The van der Waals surface area contributed by atoms with Gasteiger partial charge in [-0.3, -0.25) is 4.79 Å². The third-order valence-corrected chi connectivity index (χ3v) is 3.62. The number of nitrogens with two attached hydrogens (primary N) is 2. The number of nitrogen functional groups attached to an aromatic ring is 1. The van der Waals surface area contributed by atoms with Gasteiger partial charge in [0.05, 0.1) is 4.90 Å². The summed E-state index contributed by atoms with van der Waals surface area (Å²) < 4.78 is 26.1. The number of carbonyl (C=O) groups is 1. The molecule has 1 unspecified atom stereocenters. The van der Waals surface area contributed by atoms with Crippen LogP contribution >= 0.6 is 0 Å². The Labute approximate surface area is 100 Å². The Morgan fingerprint density at radius 1 is 1.47 bits per heavy atom. The number of rotatable bonds is 5. The lowest BCUT2D eigenvalue weighted by atomic mass is 10.2. The molecule has 7 heteroatoms. The quantitative estimate of drug-likeness (QED) is 0.634. The monoisotopic (exact) mass is 257 g/mol. The molecule has 6 nitrogen and oxygen atoms in total. The molecule has 0 heterocycles. The molecule has 17 heavy (non-hydrogen) atoms. The summed E-state index contributed by atoms with van der Waals surface area (Å²) in [5.74, 6) is -0.562. The summed E-state index contributed by atoms with van der Waals surface area (Å²) in [5, 5.41) is 0. The van der Waals surface area contributed by atoms with Gasteiger partial charge in [0.15, 0.2) is 0 Å². The summed E-state index contributed by atoms with van der Waals surface area (Å²) in [6.07, 6.45) is -0.0540. The summed E-state index contributed by atoms with van der Waals surface area (Å²) in [6, 6.07) is 5.35. The third kappa shape index (κ3) is 4.04. The molecule has 0 aromatic heterocycles. The van der Waals surface area contributed by atoms with Gasteiger partial charge in [0.2, 0.25) is 15.9 Å². The Morgan fingerprint density at radius 3 is 2.65 bits per heavy atom. The highest BCUT2D eigenvalue weighted by Crippen LogP contribution is 2.13. The molecule has 1 aromatic carbocycles. The number of benzene rings is 1. The van der Waals surface area contributed by atoms with Gasteiger partial charge in [-0.2, -0.15) is 0 Å². The van der Waals surface area contributed by atoms with Crippen LogP contribution in [0.3, 0.4) is 0 Å². The molecule has 94 valence electrons. The number of hydrogen-bond acceptors (Lipinski definition) is 4.